The number of carbonyl (C=O) groups excluding carboxylic acids is 1. The zero-order valence-corrected chi connectivity index (χ0v) is 15.1. The van der Waals surface area contributed by atoms with Crippen molar-refractivity contribution in [1.82, 2.24) is 20.1 Å². The molecule has 0 saturated carbocycles. The molecule has 26 heavy (non-hydrogen) atoms. The van der Waals surface area contributed by atoms with E-state index in [0.29, 0.717) is 17.9 Å². The van der Waals surface area contributed by atoms with Crippen molar-refractivity contribution in [2.45, 2.75) is 32.6 Å². The molecule has 2 aromatic heterocycles. The minimum absolute atomic E-state index is 0.0895. The molecule has 2 heterocycles. The van der Waals surface area contributed by atoms with Crippen LogP contribution in [0.2, 0.25) is 0 Å². The summed E-state index contributed by atoms with van der Waals surface area (Å²) in [4.78, 5) is 17.0. The first-order chi connectivity index (χ1) is 12.7. The number of amides is 1. The summed E-state index contributed by atoms with van der Waals surface area (Å²) in [7, 11) is 0. The monoisotopic (exact) mass is 351 g/mol. The number of para-hydroxylation sites is 1. The van der Waals surface area contributed by atoms with Gasteiger partial charge in [-0.25, -0.2) is 9.67 Å². The fourth-order valence-corrected chi connectivity index (χ4v) is 2.96. The first-order valence-corrected chi connectivity index (χ1v) is 9.10. The fraction of sp³-hybridized carbons (Fsp3) is 0.350. The number of aromatic nitrogens is 3. The van der Waals surface area contributed by atoms with E-state index in [1.54, 1.807) is 10.9 Å². The molecule has 0 atom stereocenters. The van der Waals surface area contributed by atoms with Gasteiger partial charge in [0.2, 0.25) is 0 Å². The third kappa shape index (κ3) is 4.08. The van der Waals surface area contributed by atoms with Crippen molar-refractivity contribution >= 4 is 16.8 Å². The van der Waals surface area contributed by atoms with Gasteiger partial charge in [-0.1, -0.05) is 31.0 Å². The minimum Gasteiger partial charge on any atom is -0.352 e. The van der Waals surface area contributed by atoms with Crippen LogP contribution in [0.1, 0.15) is 41.7 Å². The van der Waals surface area contributed by atoms with E-state index >= 15 is 0 Å². The highest BCUT2D eigenvalue weighted by Gasteiger charge is 2.15. The average molecular weight is 351 g/mol. The van der Waals surface area contributed by atoms with Crippen LogP contribution in [0.4, 0.5) is 0 Å². The molecule has 3 rings (SSSR count). The van der Waals surface area contributed by atoms with Crippen LogP contribution in [0.25, 0.3) is 16.7 Å². The number of hydrogen-bond acceptors (Lipinski definition) is 4. The first-order valence-electron chi connectivity index (χ1n) is 9.10. The van der Waals surface area contributed by atoms with E-state index in [9.17, 15) is 4.79 Å². The Morgan fingerprint density at radius 1 is 1.12 bits per heavy atom. The Morgan fingerprint density at radius 2 is 1.92 bits per heavy atom. The maximum absolute atomic E-state index is 12.4. The summed E-state index contributed by atoms with van der Waals surface area (Å²) < 4.78 is 1.71. The van der Waals surface area contributed by atoms with Gasteiger partial charge in [-0.05, 0) is 44.5 Å². The molecule has 6 heteroatoms. The predicted octanol–water partition coefficient (Wildman–Crippen LogP) is 2.98. The molecule has 0 fully saturated rings. The normalized spacial score (nSPS) is 11.0. The SMILES string of the molecule is Cc1c(C(=O)NCCCCCCN)cnn1-c1ccc2ccccc2n1. The third-order valence-corrected chi connectivity index (χ3v) is 4.47. The molecule has 0 radical (unpaired) electrons. The molecule has 0 saturated heterocycles. The van der Waals surface area contributed by atoms with Crippen LogP contribution in [0.3, 0.4) is 0 Å². The number of fused-ring (bicyclic) bond motifs is 1. The summed E-state index contributed by atoms with van der Waals surface area (Å²) in [5.41, 5.74) is 7.76. The van der Waals surface area contributed by atoms with Gasteiger partial charge in [-0.2, -0.15) is 5.10 Å². The van der Waals surface area contributed by atoms with Gasteiger partial charge in [0.1, 0.15) is 0 Å². The predicted molar refractivity (Wildman–Crippen MR) is 103 cm³/mol. The van der Waals surface area contributed by atoms with Gasteiger partial charge in [0.15, 0.2) is 5.82 Å². The maximum atomic E-state index is 12.4. The van der Waals surface area contributed by atoms with Gasteiger partial charge in [-0.3, -0.25) is 4.79 Å². The van der Waals surface area contributed by atoms with Crippen LogP contribution in [-0.4, -0.2) is 33.8 Å². The minimum atomic E-state index is -0.0895. The second-order valence-electron chi connectivity index (χ2n) is 6.38. The van der Waals surface area contributed by atoms with E-state index in [0.717, 1.165) is 48.8 Å². The standard InChI is InChI=1S/C20H25N5O/c1-15-17(20(26)22-13-7-3-2-6-12-21)14-23-25(15)19-11-10-16-8-4-5-9-18(16)24-19/h4-5,8-11,14H,2-3,6-7,12-13,21H2,1H3,(H,22,26). The van der Waals surface area contributed by atoms with Crippen LogP contribution in [0, 0.1) is 6.92 Å². The summed E-state index contributed by atoms with van der Waals surface area (Å²) in [5, 5.41) is 8.41. The summed E-state index contributed by atoms with van der Waals surface area (Å²) in [6.45, 7) is 3.29. The highest BCUT2D eigenvalue weighted by atomic mass is 16.1. The van der Waals surface area contributed by atoms with Crippen molar-refractivity contribution in [3.8, 4) is 5.82 Å². The second kappa shape index (κ2) is 8.58. The molecule has 0 bridgehead atoms. The first kappa shape index (κ1) is 18.1. The molecule has 136 valence electrons. The number of pyridine rings is 1. The maximum Gasteiger partial charge on any atom is 0.254 e. The van der Waals surface area contributed by atoms with E-state index in [2.05, 4.69) is 15.4 Å². The number of unbranched alkanes of at least 4 members (excludes halogenated alkanes) is 3. The fourth-order valence-electron chi connectivity index (χ4n) is 2.96. The van der Waals surface area contributed by atoms with E-state index < -0.39 is 0 Å². The Kier molecular flexibility index (Phi) is 5.96. The van der Waals surface area contributed by atoms with Gasteiger partial charge in [0, 0.05) is 11.9 Å². The number of carbonyl (C=O) groups is 1. The van der Waals surface area contributed by atoms with Crippen molar-refractivity contribution in [3.63, 3.8) is 0 Å². The molecule has 1 amide bonds. The Balaban J connectivity index is 1.67. The highest BCUT2D eigenvalue weighted by Crippen LogP contribution is 2.17. The molecule has 0 spiro atoms. The zero-order valence-electron chi connectivity index (χ0n) is 15.1. The van der Waals surface area contributed by atoms with Crippen LogP contribution in [0.15, 0.2) is 42.6 Å². The van der Waals surface area contributed by atoms with Gasteiger partial charge in [-0.15, -0.1) is 0 Å². The molecule has 3 N–H and O–H groups in total. The third-order valence-electron chi connectivity index (χ3n) is 4.47. The molecule has 0 aliphatic rings. The van der Waals surface area contributed by atoms with Gasteiger partial charge in [0.05, 0.1) is 23.0 Å². The lowest BCUT2D eigenvalue weighted by atomic mass is 10.2. The largest absolute Gasteiger partial charge is 0.352 e. The summed E-state index contributed by atoms with van der Waals surface area (Å²) in [6.07, 6.45) is 5.80. The van der Waals surface area contributed by atoms with Crippen molar-refractivity contribution in [2.75, 3.05) is 13.1 Å². The smallest absolute Gasteiger partial charge is 0.254 e. The van der Waals surface area contributed by atoms with Gasteiger partial charge < -0.3 is 11.1 Å². The van der Waals surface area contributed by atoms with Crippen molar-refractivity contribution in [1.29, 1.82) is 0 Å². The molecule has 0 aliphatic heterocycles. The lowest BCUT2D eigenvalue weighted by Gasteiger charge is -2.07. The zero-order chi connectivity index (χ0) is 18.4. The number of nitrogens with zero attached hydrogens (tertiary/aromatic N) is 3. The molecule has 0 aliphatic carbocycles. The molecule has 1 aromatic carbocycles. The lowest BCUT2D eigenvalue weighted by Crippen LogP contribution is -2.25. The molecule has 0 unspecified atom stereocenters. The Bertz CT molecular complexity index is 887. The quantitative estimate of drug-likeness (QED) is 0.611. The van der Waals surface area contributed by atoms with Gasteiger partial charge in [0.25, 0.3) is 5.91 Å². The van der Waals surface area contributed by atoms with Crippen LogP contribution < -0.4 is 11.1 Å². The Morgan fingerprint density at radius 3 is 2.77 bits per heavy atom. The van der Waals surface area contributed by atoms with E-state index in [4.69, 9.17) is 5.73 Å². The van der Waals surface area contributed by atoms with Crippen LogP contribution in [-0.2, 0) is 0 Å². The highest BCUT2D eigenvalue weighted by molar-refractivity contribution is 5.95. The summed E-state index contributed by atoms with van der Waals surface area (Å²) >= 11 is 0. The summed E-state index contributed by atoms with van der Waals surface area (Å²) in [6, 6.07) is 11.9. The van der Waals surface area contributed by atoms with E-state index in [-0.39, 0.29) is 5.91 Å². The number of benzene rings is 1. The summed E-state index contributed by atoms with van der Waals surface area (Å²) in [5.74, 6) is 0.621. The van der Waals surface area contributed by atoms with E-state index in [1.165, 1.54) is 0 Å². The Hall–Kier alpha value is -2.73. The molecule has 6 nitrogen and oxygen atoms in total. The van der Waals surface area contributed by atoms with Crippen LogP contribution in [0.5, 0.6) is 0 Å². The topological polar surface area (TPSA) is 85.8 Å². The number of hydrogen-bond donors (Lipinski definition) is 2. The van der Waals surface area contributed by atoms with Gasteiger partial charge >= 0.3 is 0 Å². The average Bonchev–Trinajstić information content (AvgIpc) is 3.05. The van der Waals surface area contributed by atoms with Crippen LogP contribution >= 0.6 is 0 Å². The number of rotatable bonds is 8. The number of nitrogens with two attached hydrogens (primary N) is 1. The van der Waals surface area contributed by atoms with E-state index in [1.807, 2.05) is 43.3 Å². The lowest BCUT2D eigenvalue weighted by molar-refractivity contribution is 0.0952. The van der Waals surface area contributed by atoms with Crippen molar-refractivity contribution in [3.05, 3.63) is 53.9 Å². The van der Waals surface area contributed by atoms with Crippen molar-refractivity contribution in [2.24, 2.45) is 5.73 Å². The molecular weight excluding hydrogens is 326 g/mol. The molecule has 3 aromatic rings. The number of nitrogens with one attached hydrogen (secondary N) is 1. The Labute approximate surface area is 153 Å². The van der Waals surface area contributed by atoms with Crippen molar-refractivity contribution < 1.29 is 4.79 Å². The molecular formula is C20H25N5O. The second-order valence-corrected chi connectivity index (χ2v) is 6.38.